The van der Waals surface area contributed by atoms with Gasteiger partial charge in [-0.15, -0.1) is 0 Å². The van der Waals surface area contributed by atoms with Crippen molar-refractivity contribution >= 4 is 26.8 Å². The Morgan fingerprint density at radius 2 is 2.00 bits per heavy atom. The third kappa shape index (κ3) is 2.25. The van der Waals surface area contributed by atoms with Gasteiger partial charge in [-0.05, 0) is 34.5 Å². The number of fused-ring (bicyclic) bond motifs is 1. The molecule has 3 aromatic rings. The molecule has 0 radical (unpaired) electrons. The van der Waals surface area contributed by atoms with Gasteiger partial charge in [0.15, 0.2) is 0 Å². The summed E-state index contributed by atoms with van der Waals surface area (Å²) in [7, 11) is 0. The lowest BCUT2D eigenvalue weighted by molar-refractivity contribution is 0.727. The molecule has 2 aromatic heterocycles. The average molecular weight is 330 g/mol. The van der Waals surface area contributed by atoms with Crippen LogP contribution in [0.5, 0.6) is 0 Å². The summed E-state index contributed by atoms with van der Waals surface area (Å²) < 4.78 is 2.09. The average Bonchev–Trinajstić information content (AvgIpc) is 2.48. The normalized spacial score (nSPS) is 10.9. The van der Waals surface area contributed by atoms with E-state index in [0.29, 0.717) is 16.7 Å². The first-order chi connectivity index (χ1) is 9.66. The Kier molecular flexibility index (Phi) is 3.36. The lowest BCUT2D eigenvalue weighted by Crippen LogP contribution is -2.22. The number of hydrogen-bond acceptors (Lipinski definition) is 3. The van der Waals surface area contributed by atoms with Crippen LogP contribution in [0.3, 0.4) is 0 Å². The highest BCUT2D eigenvalue weighted by Crippen LogP contribution is 2.17. The molecule has 0 unspecified atom stereocenters. The summed E-state index contributed by atoms with van der Waals surface area (Å²) in [5, 5.41) is 1.07. The molecule has 0 aliphatic rings. The monoisotopic (exact) mass is 329 g/mol. The highest BCUT2D eigenvalue weighted by molar-refractivity contribution is 9.10. The van der Waals surface area contributed by atoms with Crippen LogP contribution in [-0.4, -0.2) is 14.5 Å². The first-order valence-electron chi connectivity index (χ1n) is 6.21. The zero-order chi connectivity index (χ0) is 14.1. The lowest BCUT2D eigenvalue weighted by Gasteiger charge is -2.09. The SMILES string of the molecule is Cc1ncn(Cc2cccc3cccnc23)c(=O)c1Br. The number of pyridine rings is 1. The molecular formula is C15H12BrN3O. The van der Waals surface area contributed by atoms with Gasteiger partial charge in [-0.3, -0.25) is 14.3 Å². The highest BCUT2D eigenvalue weighted by Gasteiger charge is 2.08. The molecule has 1 aromatic carbocycles. The molecule has 20 heavy (non-hydrogen) atoms. The Morgan fingerprint density at radius 1 is 1.20 bits per heavy atom. The minimum Gasteiger partial charge on any atom is -0.294 e. The van der Waals surface area contributed by atoms with Gasteiger partial charge in [0.2, 0.25) is 0 Å². The van der Waals surface area contributed by atoms with Crippen LogP contribution in [0.2, 0.25) is 0 Å². The van der Waals surface area contributed by atoms with Crippen molar-refractivity contribution in [3.8, 4) is 0 Å². The standard InChI is InChI=1S/C15H12BrN3O/c1-10-13(16)15(20)19(9-18-10)8-12-5-2-4-11-6-3-7-17-14(11)12/h2-7,9H,8H2,1H3. The maximum absolute atomic E-state index is 12.2. The van der Waals surface area contributed by atoms with E-state index in [2.05, 4.69) is 25.9 Å². The number of aromatic nitrogens is 3. The number of nitrogens with zero attached hydrogens (tertiary/aromatic N) is 3. The summed E-state index contributed by atoms with van der Waals surface area (Å²) in [6.07, 6.45) is 3.34. The van der Waals surface area contributed by atoms with Crippen molar-refractivity contribution in [3.63, 3.8) is 0 Å². The molecule has 4 nitrogen and oxygen atoms in total. The van der Waals surface area contributed by atoms with Crippen LogP contribution in [0, 0.1) is 6.92 Å². The molecule has 0 N–H and O–H groups in total. The number of benzene rings is 1. The van der Waals surface area contributed by atoms with Gasteiger partial charge in [0.25, 0.3) is 5.56 Å². The molecule has 0 aliphatic heterocycles. The van der Waals surface area contributed by atoms with E-state index in [4.69, 9.17) is 0 Å². The van der Waals surface area contributed by atoms with Crippen LogP contribution in [0.15, 0.2) is 52.1 Å². The molecule has 2 heterocycles. The molecule has 3 rings (SSSR count). The van der Waals surface area contributed by atoms with E-state index in [-0.39, 0.29) is 5.56 Å². The Balaban J connectivity index is 2.11. The second-order valence-corrected chi connectivity index (χ2v) is 5.36. The minimum absolute atomic E-state index is 0.0783. The van der Waals surface area contributed by atoms with Crippen molar-refractivity contribution in [2.75, 3.05) is 0 Å². The molecule has 0 amide bonds. The summed E-state index contributed by atoms with van der Waals surface area (Å²) in [6, 6.07) is 9.88. The minimum atomic E-state index is -0.0783. The largest absolute Gasteiger partial charge is 0.294 e. The predicted octanol–water partition coefficient (Wildman–Crippen LogP) is 2.91. The lowest BCUT2D eigenvalue weighted by atomic mass is 10.1. The van der Waals surface area contributed by atoms with E-state index >= 15 is 0 Å². The summed E-state index contributed by atoms with van der Waals surface area (Å²) in [4.78, 5) is 20.8. The van der Waals surface area contributed by atoms with Gasteiger partial charge in [-0.1, -0.05) is 24.3 Å². The van der Waals surface area contributed by atoms with Gasteiger partial charge in [-0.2, -0.15) is 0 Å². The van der Waals surface area contributed by atoms with Gasteiger partial charge < -0.3 is 0 Å². The Hall–Kier alpha value is -2.01. The van der Waals surface area contributed by atoms with Gasteiger partial charge in [-0.25, -0.2) is 4.98 Å². The molecule has 0 saturated heterocycles. The zero-order valence-electron chi connectivity index (χ0n) is 10.9. The van der Waals surface area contributed by atoms with E-state index in [1.165, 1.54) is 0 Å². The Morgan fingerprint density at radius 3 is 2.85 bits per heavy atom. The molecule has 0 fully saturated rings. The maximum atomic E-state index is 12.2. The highest BCUT2D eigenvalue weighted by atomic mass is 79.9. The first kappa shape index (κ1) is 13.0. The van der Waals surface area contributed by atoms with Crippen LogP contribution in [0.4, 0.5) is 0 Å². The van der Waals surface area contributed by atoms with E-state index < -0.39 is 0 Å². The fourth-order valence-electron chi connectivity index (χ4n) is 2.14. The van der Waals surface area contributed by atoms with Crippen LogP contribution in [-0.2, 0) is 6.54 Å². The number of hydrogen-bond donors (Lipinski definition) is 0. The van der Waals surface area contributed by atoms with Crippen molar-refractivity contribution in [2.24, 2.45) is 0 Å². The quantitative estimate of drug-likeness (QED) is 0.726. The molecule has 0 spiro atoms. The maximum Gasteiger partial charge on any atom is 0.268 e. The van der Waals surface area contributed by atoms with Crippen molar-refractivity contribution in [2.45, 2.75) is 13.5 Å². The molecule has 0 bridgehead atoms. The van der Waals surface area contributed by atoms with E-state index in [0.717, 1.165) is 16.5 Å². The summed E-state index contributed by atoms with van der Waals surface area (Å²) in [5.74, 6) is 0. The molecular weight excluding hydrogens is 318 g/mol. The summed E-state index contributed by atoms with van der Waals surface area (Å²) in [6.45, 7) is 2.26. The fourth-order valence-corrected chi connectivity index (χ4v) is 2.47. The topological polar surface area (TPSA) is 47.8 Å². The molecule has 5 heteroatoms. The second-order valence-electron chi connectivity index (χ2n) is 4.57. The van der Waals surface area contributed by atoms with Gasteiger partial charge in [0, 0.05) is 11.6 Å². The molecule has 100 valence electrons. The van der Waals surface area contributed by atoms with Crippen molar-refractivity contribution in [3.05, 3.63) is 68.9 Å². The van der Waals surface area contributed by atoms with E-state index in [1.54, 1.807) is 24.0 Å². The van der Waals surface area contributed by atoms with E-state index in [1.807, 2.05) is 30.3 Å². The molecule has 0 saturated carbocycles. The number of rotatable bonds is 2. The molecule has 0 atom stereocenters. The van der Waals surface area contributed by atoms with Crippen LogP contribution in [0.1, 0.15) is 11.3 Å². The van der Waals surface area contributed by atoms with Gasteiger partial charge >= 0.3 is 0 Å². The van der Waals surface area contributed by atoms with Crippen molar-refractivity contribution in [1.29, 1.82) is 0 Å². The first-order valence-corrected chi connectivity index (χ1v) is 7.00. The number of para-hydroxylation sites is 1. The van der Waals surface area contributed by atoms with Crippen LogP contribution in [0.25, 0.3) is 10.9 Å². The van der Waals surface area contributed by atoms with Gasteiger partial charge in [0.1, 0.15) is 4.47 Å². The van der Waals surface area contributed by atoms with Gasteiger partial charge in [0.05, 0.1) is 24.1 Å². The zero-order valence-corrected chi connectivity index (χ0v) is 12.5. The smallest absolute Gasteiger partial charge is 0.268 e. The van der Waals surface area contributed by atoms with Crippen LogP contribution < -0.4 is 5.56 Å². The second kappa shape index (κ2) is 5.17. The van der Waals surface area contributed by atoms with Crippen LogP contribution >= 0.6 is 15.9 Å². The summed E-state index contributed by atoms with van der Waals surface area (Å²) in [5.41, 5.74) is 2.54. The summed E-state index contributed by atoms with van der Waals surface area (Å²) >= 11 is 3.28. The third-order valence-corrected chi connectivity index (χ3v) is 4.13. The number of aryl methyl sites for hydroxylation is 1. The van der Waals surface area contributed by atoms with E-state index in [9.17, 15) is 4.79 Å². The third-order valence-electron chi connectivity index (χ3n) is 3.21. The van der Waals surface area contributed by atoms with Crippen molar-refractivity contribution < 1.29 is 0 Å². The molecule has 0 aliphatic carbocycles. The van der Waals surface area contributed by atoms with Crippen molar-refractivity contribution in [1.82, 2.24) is 14.5 Å². The predicted molar refractivity (Wildman–Crippen MR) is 81.8 cm³/mol. The Labute approximate surface area is 124 Å². The number of halogens is 1. The Bertz CT molecular complexity index is 837. The fraction of sp³-hybridized carbons (Fsp3) is 0.133.